The van der Waals surface area contributed by atoms with Gasteiger partial charge < -0.3 is 5.32 Å². The van der Waals surface area contributed by atoms with E-state index in [1.165, 1.54) is 25.3 Å². The number of carbonyl (C=O) groups excluding carboxylic acids is 1. The van der Waals surface area contributed by atoms with Gasteiger partial charge >= 0.3 is 0 Å². The molecule has 0 aromatic heterocycles. The van der Waals surface area contributed by atoms with Crippen molar-refractivity contribution >= 4 is 35.0 Å². The number of rotatable bonds is 4. The molecule has 126 valence electrons. The Balaban J connectivity index is 1.67. The van der Waals surface area contributed by atoms with Crippen molar-refractivity contribution in [3.05, 3.63) is 30.1 Å². The predicted molar refractivity (Wildman–Crippen MR) is 95.6 cm³/mol. The number of nitrogens with one attached hydrogen (secondary N) is 3. The number of carbonyl (C=O) groups is 1. The predicted octanol–water partition coefficient (Wildman–Crippen LogP) is 2.99. The number of hydrogen-bond acceptors (Lipinski definition) is 3. The van der Waals surface area contributed by atoms with Crippen molar-refractivity contribution in [1.82, 2.24) is 16.2 Å². The number of thioether (sulfide) groups is 1. The number of benzene rings is 1. The summed E-state index contributed by atoms with van der Waals surface area (Å²) in [6.07, 6.45) is 4.77. The second kappa shape index (κ2) is 9.08. The first-order valence-electron chi connectivity index (χ1n) is 7.79. The molecule has 2 atom stereocenters. The van der Waals surface area contributed by atoms with Crippen molar-refractivity contribution in [2.45, 2.75) is 43.5 Å². The Labute approximate surface area is 146 Å². The second-order valence-electron chi connectivity index (χ2n) is 5.73. The summed E-state index contributed by atoms with van der Waals surface area (Å²) in [5, 5.41) is 3.67. The van der Waals surface area contributed by atoms with Crippen LogP contribution in [0.4, 0.5) is 4.39 Å². The first-order chi connectivity index (χ1) is 11.1. The fourth-order valence-electron chi connectivity index (χ4n) is 2.60. The molecule has 0 heterocycles. The number of halogens is 1. The molecule has 23 heavy (non-hydrogen) atoms. The largest absolute Gasteiger partial charge is 0.358 e. The summed E-state index contributed by atoms with van der Waals surface area (Å²) < 4.78 is 13.5. The first kappa shape index (κ1) is 18.0. The van der Waals surface area contributed by atoms with Crippen LogP contribution in [0.1, 0.15) is 32.6 Å². The maximum Gasteiger partial charge on any atom is 0.248 e. The molecule has 0 saturated heterocycles. The Morgan fingerprint density at radius 1 is 1.30 bits per heavy atom. The summed E-state index contributed by atoms with van der Waals surface area (Å²) in [5.74, 6) is 0.132. The lowest BCUT2D eigenvalue weighted by Gasteiger charge is -2.30. The van der Waals surface area contributed by atoms with Crippen molar-refractivity contribution in [2.24, 2.45) is 5.92 Å². The van der Waals surface area contributed by atoms with Crippen molar-refractivity contribution in [3.8, 4) is 0 Å². The highest BCUT2D eigenvalue weighted by molar-refractivity contribution is 8.00. The van der Waals surface area contributed by atoms with E-state index in [2.05, 4.69) is 23.1 Å². The highest BCUT2D eigenvalue weighted by atomic mass is 32.2. The zero-order valence-corrected chi connectivity index (χ0v) is 14.7. The molecule has 1 aliphatic rings. The highest BCUT2D eigenvalue weighted by Crippen LogP contribution is 2.23. The molecule has 1 amide bonds. The van der Waals surface area contributed by atoms with Gasteiger partial charge in [-0.1, -0.05) is 31.9 Å². The van der Waals surface area contributed by atoms with E-state index in [0.29, 0.717) is 22.0 Å². The molecule has 0 unspecified atom stereocenters. The molecule has 7 heteroatoms. The number of thiocarbonyl (C=S) groups is 1. The lowest BCUT2D eigenvalue weighted by molar-refractivity contribution is -0.119. The Morgan fingerprint density at radius 3 is 2.78 bits per heavy atom. The maximum absolute atomic E-state index is 13.5. The van der Waals surface area contributed by atoms with Crippen molar-refractivity contribution in [1.29, 1.82) is 0 Å². The number of hydrogen-bond donors (Lipinski definition) is 3. The summed E-state index contributed by atoms with van der Waals surface area (Å²) in [4.78, 5) is 12.2. The molecule has 1 fully saturated rings. The third-order valence-corrected chi connectivity index (χ3v) is 5.21. The van der Waals surface area contributed by atoms with E-state index in [0.717, 1.165) is 18.2 Å². The molecule has 0 radical (unpaired) electrons. The van der Waals surface area contributed by atoms with Gasteiger partial charge in [0.05, 0.1) is 5.75 Å². The average molecular weight is 356 g/mol. The fraction of sp³-hybridized carbons (Fsp3) is 0.500. The monoisotopic (exact) mass is 355 g/mol. The molecule has 0 spiro atoms. The summed E-state index contributed by atoms with van der Waals surface area (Å²) in [7, 11) is 0. The molecule has 1 aromatic rings. The molecule has 1 aliphatic carbocycles. The van der Waals surface area contributed by atoms with Crippen LogP contribution in [0.15, 0.2) is 29.2 Å². The molecule has 1 aromatic carbocycles. The molecule has 0 bridgehead atoms. The third kappa shape index (κ3) is 5.99. The standard InChI is InChI=1S/C16H22FN3OS2/c1-11-6-2-4-8-13(11)18-16(22)20-19-15(21)10-23-14-9-5-3-7-12(14)17/h3,5,7,9,11,13H,2,4,6,8,10H2,1H3,(H,19,21)(H2,18,20,22)/t11-,13-/m0/s1. The van der Waals surface area contributed by atoms with Gasteiger partial charge in [-0.15, -0.1) is 11.8 Å². The van der Waals surface area contributed by atoms with Gasteiger partial charge in [-0.05, 0) is 43.1 Å². The van der Waals surface area contributed by atoms with Gasteiger partial charge in [0.1, 0.15) is 5.82 Å². The molecule has 3 N–H and O–H groups in total. The minimum Gasteiger partial charge on any atom is -0.358 e. The van der Waals surface area contributed by atoms with E-state index >= 15 is 0 Å². The number of amides is 1. The van der Waals surface area contributed by atoms with Gasteiger partial charge in [0.15, 0.2) is 5.11 Å². The Morgan fingerprint density at radius 2 is 2.04 bits per heavy atom. The van der Waals surface area contributed by atoms with E-state index in [-0.39, 0.29) is 17.5 Å². The van der Waals surface area contributed by atoms with E-state index < -0.39 is 0 Å². The smallest absolute Gasteiger partial charge is 0.248 e. The van der Waals surface area contributed by atoms with E-state index in [1.807, 2.05) is 0 Å². The van der Waals surface area contributed by atoms with Gasteiger partial charge in [-0.3, -0.25) is 15.6 Å². The van der Waals surface area contributed by atoms with Crippen LogP contribution < -0.4 is 16.2 Å². The van der Waals surface area contributed by atoms with Gasteiger partial charge in [-0.2, -0.15) is 0 Å². The Bertz CT molecular complexity index is 556. The quantitative estimate of drug-likeness (QED) is 0.440. The molecular weight excluding hydrogens is 333 g/mol. The molecule has 1 saturated carbocycles. The molecule has 2 rings (SSSR count). The van der Waals surface area contributed by atoms with Crippen LogP contribution in [0.2, 0.25) is 0 Å². The summed E-state index contributed by atoms with van der Waals surface area (Å²) >= 11 is 6.35. The van der Waals surface area contributed by atoms with E-state index in [4.69, 9.17) is 12.2 Å². The van der Waals surface area contributed by atoms with E-state index in [9.17, 15) is 9.18 Å². The van der Waals surface area contributed by atoms with Gasteiger partial charge in [0, 0.05) is 10.9 Å². The zero-order chi connectivity index (χ0) is 16.7. The molecule has 4 nitrogen and oxygen atoms in total. The molecular formula is C16H22FN3OS2. The minimum absolute atomic E-state index is 0.121. The van der Waals surface area contributed by atoms with Crippen molar-refractivity contribution in [2.75, 3.05) is 5.75 Å². The first-order valence-corrected chi connectivity index (χ1v) is 9.18. The third-order valence-electron chi connectivity index (χ3n) is 3.94. The Kier molecular flexibility index (Phi) is 7.11. The summed E-state index contributed by atoms with van der Waals surface area (Å²) in [6, 6.07) is 6.75. The van der Waals surface area contributed by atoms with Crippen LogP contribution >= 0.6 is 24.0 Å². The zero-order valence-electron chi connectivity index (χ0n) is 13.1. The lowest BCUT2D eigenvalue weighted by atomic mass is 9.86. The topological polar surface area (TPSA) is 53.2 Å². The van der Waals surface area contributed by atoms with Crippen LogP contribution in [-0.4, -0.2) is 22.8 Å². The van der Waals surface area contributed by atoms with Crippen LogP contribution in [0.25, 0.3) is 0 Å². The van der Waals surface area contributed by atoms with Gasteiger partial charge in [0.25, 0.3) is 0 Å². The summed E-state index contributed by atoms with van der Waals surface area (Å²) in [6.45, 7) is 2.21. The van der Waals surface area contributed by atoms with Crippen molar-refractivity contribution in [3.63, 3.8) is 0 Å². The normalized spacial score (nSPS) is 20.6. The van der Waals surface area contributed by atoms with Crippen molar-refractivity contribution < 1.29 is 9.18 Å². The van der Waals surface area contributed by atoms with Crippen LogP contribution in [0, 0.1) is 11.7 Å². The average Bonchev–Trinajstić information content (AvgIpc) is 2.54. The fourth-order valence-corrected chi connectivity index (χ4v) is 3.54. The van der Waals surface area contributed by atoms with Crippen LogP contribution in [-0.2, 0) is 4.79 Å². The SMILES string of the molecule is C[C@H]1CCCC[C@@H]1NC(=S)NNC(=O)CSc1ccccc1F. The van der Waals surface area contributed by atoms with Gasteiger partial charge in [-0.25, -0.2) is 4.39 Å². The Hall–Kier alpha value is -1.34. The summed E-state index contributed by atoms with van der Waals surface area (Å²) in [5.41, 5.74) is 5.26. The number of hydrazine groups is 1. The van der Waals surface area contributed by atoms with Crippen LogP contribution in [0.5, 0.6) is 0 Å². The van der Waals surface area contributed by atoms with Crippen LogP contribution in [0.3, 0.4) is 0 Å². The maximum atomic E-state index is 13.5. The lowest BCUT2D eigenvalue weighted by Crippen LogP contribution is -2.52. The minimum atomic E-state index is -0.318. The molecule has 0 aliphatic heterocycles. The second-order valence-corrected chi connectivity index (χ2v) is 7.16. The highest BCUT2D eigenvalue weighted by Gasteiger charge is 2.21. The van der Waals surface area contributed by atoms with Gasteiger partial charge in [0.2, 0.25) is 5.91 Å². The van der Waals surface area contributed by atoms with E-state index in [1.54, 1.807) is 18.2 Å².